The standard InChI is InChI=1S/C18H22F3N3O2/c1-2-10-23-16(25)15(18(19,20)21)24(14-6-4-3-5-7-14)17(26)13-8-11-22-12-9-13/h2,8-9,11-12,14-15H,1,3-7,10H2,(H,23,25). The lowest BCUT2D eigenvalue weighted by molar-refractivity contribution is -0.188. The molecule has 1 saturated carbocycles. The van der Waals surface area contributed by atoms with Gasteiger partial charge in [-0.15, -0.1) is 6.58 Å². The zero-order chi connectivity index (χ0) is 19.2. The molecule has 8 heteroatoms. The quantitative estimate of drug-likeness (QED) is 0.784. The Bertz CT molecular complexity index is 628. The third kappa shape index (κ3) is 4.83. The Morgan fingerprint density at radius 1 is 1.27 bits per heavy atom. The maximum Gasteiger partial charge on any atom is 0.417 e. The lowest BCUT2D eigenvalue weighted by atomic mass is 9.92. The van der Waals surface area contributed by atoms with Crippen LogP contribution in [0.5, 0.6) is 0 Å². The van der Waals surface area contributed by atoms with E-state index in [4.69, 9.17) is 0 Å². The van der Waals surface area contributed by atoms with Crippen LogP contribution in [0.2, 0.25) is 0 Å². The molecular formula is C18H22F3N3O2. The van der Waals surface area contributed by atoms with Gasteiger partial charge in [0.25, 0.3) is 11.8 Å². The van der Waals surface area contributed by atoms with Gasteiger partial charge in [-0.05, 0) is 25.0 Å². The molecule has 1 aliphatic carbocycles. The second-order valence-electron chi connectivity index (χ2n) is 6.22. The Labute approximate surface area is 150 Å². The molecule has 1 N–H and O–H groups in total. The fourth-order valence-electron chi connectivity index (χ4n) is 3.20. The van der Waals surface area contributed by atoms with Crippen molar-refractivity contribution in [3.63, 3.8) is 0 Å². The Morgan fingerprint density at radius 3 is 2.42 bits per heavy atom. The molecule has 5 nitrogen and oxygen atoms in total. The van der Waals surface area contributed by atoms with Gasteiger partial charge in [0, 0.05) is 30.5 Å². The molecule has 0 bridgehead atoms. The molecule has 1 heterocycles. The number of nitrogens with zero attached hydrogens (tertiary/aromatic N) is 2. The number of halogens is 3. The van der Waals surface area contributed by atoms with Gasteiger partial charge < -0.3 is 10.2 Å². The summed E-state index contributed by atoms with van der Waals surface area (Å²) in [6.45, 7) is 3.28. The van der Waals surface area contributed by atoms with Crippen LogP contribution in [-0.4, -0.2) is 46.5 Å². The van der Waals surface area contributed by atoms with Crippen molar-refractivity contribution in [1.29, 1.82) is 0 Å². The number of carbonyl (C=O) groups excluding carboxylic acids is 2. The summed E-state index contributed by atoms with van der Waals surface area (Å²) in [6.07, 6.45) is 2.34. The summed E-state index contributed by atoms with van der Waals surface area (Å²) < 4.78 is 41.4. The summed E-state index contributed by atoms with van der Waals surface area (Å²) in [5, 5.41) is 2.18. The predicted octanol–water partition coefficient (Wildman–Crippen LogP) is 3.09. The largest absolute Gasteiger partial charge is 0.417 e. The normalized spacial score (nSPS) is 16.6. The van der Waals surface area contributed by atoms with Crippen molar-refractivity contribution >= 4 is 11.8 Å². The zero-order valence-corrected chi connectivity index (χ0v) is 14.3. The van der Waals surface area contributed by atoms with Gasteiger partial charge in [-0.25, -0.2) is 0 Å². The van der Waals surface area contributed by atoms with Crippen LogP contribution in [0.4, 0.5) is 13.2 Å². The van der Waals surface area contributed by atoms with Gasteiger partial charge in [0.2, 0.25) is 6.04 Å². The van der Waals surface area contributed by atoms with E-state index in [-0.39, 0.29) is 12.1 Å². The summed E-state index contributed by atoms with van der Waals surface area (Å²) in [5.74, 6) is -2.05. The average molecular weight is 369 g/mol. The van der Waals surface area contributed by atoms with Gasteiger partial charge in [-0.2, -0.15) is 13.2 Å². The number of pyridine rings is 1. The molecule has 0 aromatic carbocycles. The second-order valence-corrected chi connectivity index (χ2v) is 6.22. The molecule has 1 unspecified atom stereocenters. The highest BCUT2D eigenvalue weighted by Crippen LogP contribution is 2.32. The van der Waals surface area contributed by atoms with Gasteiger partial charge in [0.1, 0.15) is 0 Å². The lowest BCUT2D eigenvalue weighted by Crippen LogP contribution is -2.60. The van der Waals surface area contributed by atoms with Gasteiger partial charge in [-0.3, -0.25) is 14.6 Å². The highest BCUT2D eigenvalue weighted by molar-refractivity contribution is 5.98. The third-order valence-corrected chi connectivity index (χ3v) is 4.39. The molecule has 2 rings (SSSR count). The van der Waals surface area contributed by atoms with E-state index >= 15 is 0 Å². The first kappa shape index (κ1) is 19.9. The minimum absolute atomic E-state index is 0.0799. The van der Waals surface area contributed by atoms with E-state index in [9.17, 15) is 22.8 Å². The number of nitrogens with one attached hydrogen (secondary N) is 1. The third-order valence-electron chi connectivity index (χ3n) is 4.39. The van der Waals surface area contributed by atoms with Gasteiger partial charge in [0.05, 0.1) is 0 Å². The summed E-state index contributed by atoms with van der Waals surface area (Å²) in [6, 6.07) is -0.461. The number of rotatable bonds is 6. The highest BCUT2D eigenvalue weighted by atomic mass is 19.4. The number of carbonyl (C=O) groups is 2. The van der Waals surface area contributed by atoms with E-state index in [0.717, 1.165) is 19.3 Å². The molecule has 1 atom stereocenters. The monoisotopic (exact) mass is 369 g/mol. The summed E-state index contributed by atoms with van der Waals surface area (Å²) in [7, 11) is 0. The van der Waals surface area contributed by atoms with Crippen LogP contribution in [0.25, 0.3) is 0 Å². The topological polar surface area (TPSA) is 62.3 Å². The number of aromatic nitrogens is 1. The first-order chi connectivity index (χ1) is 12.4. The zero-order valence-electron chi connectivity index (χ0n) is 14.3. The Hall–Kier alpha value is -2.38. The second kappa shape index (κ2) is 8.82. The van der Waals surface area contributed by atoms with E-state index in [1.165, 1.54) is 30.6 Å². The van der Waals surface area contributed by atoms with Crippen LogP contribution in [0.1, 0.15) is 42.5 Å². The van der Waals surface area contributed by atoms with Gasteiger partial charge in [0.15, 0.2) is 0 Å². The van der Waals surface area contributed by atoms with E-state index in [1.807, 2.05) is 0 Å². The molecule has 26 heavy (non-hydrogen) atoms. The van der Waals surface area contributed by atoms with Crippen LogP contribution < -0.4 is 5.32 Å². The van der Waals surface area contributed by atoms with Crippen molar-refractivity contribution in [3.05, 3.63) is 42.7 Å². The first-order valence-electron chi connectivity index (χ1n) is 8.54. The van der Waals surface area contributed by atoms with Crippen molar-refractivity contribution in [2.75, 3.05) is 6.54 Å². The smallest absolute Gasteiger partial charge is 0.351 e. The van der Waals surface area contributed by atoms with Crippen molar-refractivity contribution in [3.8, 4) is 0 Å². The van der Waals surface area contributed by atoms with Crippen LogP contribution in [0.15, 0.2) is 37.2 Å². The Balaban J connectivity index is 2.42. The number of hydrogen-bond acceptors (Lipinski definition) is 3. The van der Waals surface area contributed by atoms with Gasteiger partial charge >= 0.3 is 6.18 Å². The Kier molecular flexibility index (Phi) is 6.76. The van der Waals surface area contributed by atoms with Gasteiger partial charge in [-0.1, -0.05) is 25.3 Å². The van der Waals surface area contributed by atoms with Crippen LogP contribution in [0.3, 0.4) is 0 Å². The minimum Gasteiger partial charge on any atom is -0.351 e. The summed E-state index contributed by atoms with van der Waals surface area (Å²) in [5.41, 5.74) is 0.0799. The van der Waals surface area contributed by atoms with Crippen LogP contribution in [0, 0.1) is 0 Å². The molecule has 0 spiro atoms. The molecule has 1 fully saturated rings. The van der Waals surface area contributed by atoms with E-state index in [1.54, 1.807) is 0 Å². The molecule has 142 valence electrons. The van der Waals surface area contributed by atoms with E-state index in [0.29, 0.717) is 17.7 Å². The maximum atomic E-state index is 13.8. The van der Waals surface area contributed by atoms with Crippen LogP contribution >= 0.6 is 0 Å². The molecule has 1 aliphatic rings. The van der Waals surface area contributed by atoms with Crippen molar-refractivity contribution in [2.45, 2.75) is 50.4 Å². The van der Waals surface area contributed by atoms with Crippen molar-refractivity contribution in [1.82, 2.24) is 15.2 Å². The lowest BCUT2D eigenvalue weighted by Gasteiger charge is -2.39. The van der Waals surface area contributed by atoms with Crippen LogP contribution in [-0.2, 0) is 4.79 Å². The summed E-state index contributed by atoms with van der Waals surface area (Å²) >= 11 is 0. The fraction of sp³-hybridized carbons (Fsp3) is 0.500. The predicted molar refractivity (Wildman–Crippen MR) is 90.3 cm³/mol. The number of hydrogen-bond donors (Lipinski definition) is 1. The molecular weight excluding hydrogens is 347 g/mol. The molecule has 1 aromatic heterocycles. The van der Waals surface area contributed by atoms with Crippen molar-refractivity contribution < 1.29 is 22.8 Å². The first-order valence-corrected chi connectivity index (χ1v) is 8.54. The molecule has 0 saturated heterocycles. The molecule has 0 aliphatic heterocycles. The molecule has 0 radical (unpaired) electrons. The number of amides is 2. The summed E-state index contributed by atoms with van der Waals surface area (Å²) in [4.78, 5) is 29.7. The van der Waals surface area contributed by atoms with Crippen molar-refractivity contribution in [2.24, 2.45) is 0 Å². The average Bonchev–Trinajstić information content (AvgIpc) is 2.64. The number of alkyl halides is 3. The SMILES string of the molecule is C=CCNC(=O)C(N(C(=O)c1ccncc1)C1CCCCC1)C(F)(F)F. The van der Waals surface area contributed by atoms with E-state index < -0.39 is 30.1 Å². The molecule has 2 amide bonds. The Morgan fingerprint density at radius 2 is 1.88 bits per heavy atom. The maximum absolute atomic E-state index is 13.8. The fourth-order valence-corrected chi connectivity index (χ4v) is 3.20. The molecule has 1 aromatic rings. The van der Waals surface area contributed by atoms with E-state index in [2.05, 4.69) is 16.9 Å². The highest BCUT2D eigenvalue weighted by Gasteiger charge is 2.52. The minimum atomic E-state index is -4.88.